The van der Waals surface area contributed by atoms with Gasteiger partial charge in [0.05, 0.1) is 23.2 Å². The maximum Gasteiger partial charge on any atom is 0.0737 e. The largest absolute Gasteiger partial charge is 0.304 e. The molecule has 0 saturated carbocycles. The molecule has 0 heterocycles. The monoisotopic (exact) mass is 675 g/mol. The molecule has 0 rings (SSSR count). The van der Waals surface area contributed by atoms with Gasteiger partial charge in [0.15, 0.2) is 0 Å². The molecule has 0 aromatic rings. The van der Waals surface area contributed by atoms with E-state index in [9.17, 15) is 0 Å². The molecule has 0 aliphatic heterocycles. The zero-order valence-corrected chi connectivity index (χ0v) is 39.9. The fourth-order valence-corrected chi connectivity index (χ4v) is 31.9. The molecule has 0 aliphatic carbocycles. The predicted molar refractivity (Wildman–Crippen MR) is 217 cm³/mol. The van der Waals surface area contributed by atoms with E-state index >= 15 is 0 Å². The second-order valence-electron chi connectivity index (χ2n) is 18.0. The van der Waals surface area contributed by atoms with Gasteiger partial charge in [-0.05, 0) is 39.8 Å². The van der Waals surface area contributed by atoms with E-state index in [1.807, 2.05) is 0 Å². The lowest BCUT2D eigenvalue weighted by atomic mass is 10.2. The Labute approximate surface area is 264 Å². The summed E-state index contributed by atoms with van der Waals surface area (Å²) >= 11 is 0. The Balaban J connectivity index is -0.000000139. The Bertz CT molecular complexity index is 529. The minimum atomic E-state index is -1.06. The zero-order valence-electron chi connectivity index (χ0n) is 32.4. The summed E-state index contributed by atoms with van der Waals surface area (Å²) in [6.45, 7) is 61.1. The topological polar surface area (TPSA) is 3.24 Å². The van der Waals surface area contributed by atoms with Crippen LogP contribution in [0.5, 0.6) is 0 Å². The van der Waals surface area contributed by atoms with Crippen molar-refractivity contribution < 1.29 is 0 Å². The van der Waals surface area contributed by atoms with Crippen LogP contribution in [-0.4, -0.2) is 55.8 Å². The zero-order chi connectivity index (χ0) is 32.4. The summed E-state index contributed by atoms with van der Waals surface area (Å²) in [5, 5.41) is 2.23. The van der Waals surface area contributed by atoms with Crippen molar-refractivity contribution in [3.63, 3.8) is 0 Å². The highest BCUT2D eigenvalue weighted by Crippen LogP contribution is 2.57. The molecule has 0 radical (unpaired) electrons. The summed E-state index contributed by atoms with van der Waals surface area (Å²) < 4.78 is 0. The molecule has 0 amide bonds. The van der Waals surface area contributed by atoms with Gasteiger partial charge in [-0.2, -0.15) is 9.90 Å². The van der Waals surface area contributed by atoms with Gasteiger partial charge in [-0.3, -0.25) is 0 Å². The Hall–Kier alpha value is 2.12. The Morgan fingerprint density at radius 3 is 0.718 bits per heavy atom. The van der Waals surface area contributed by atoms with Crippen molar-refractivity contribution in [3.05, 3.63) is 0 Å². The standard InChI is InChI=1S/C12H31PSi2.C7H18Si.C6H15N.C6H17PSi.H3P/c1-11(2,3)14(7,8)13-15(9,10)12(4,5)6;1-7(2,3)8(4,5)6;1-4-7(5-2)6-3;1-6(2,3)8(4,5)7;/h13H,1-10H3;1-6H3;4-6H2,1-3H3;7H2,1-5H3;1H3. The first-order valence-corrected chi connectivity index (χ1v) is 32.7. The predicted octanol–water partition coefficient (Wildman–Crippen LogP) is 13.1. The number of nitrogens with zero attached hydrogens (tertiary/aromatic N) is 1. The molecular formula is C31H84NP3Si4. The van der Waals surface area contributed by atoms with E-state index in [0.29, 0.717) is 20.2 Å². The van der Waals surface area contributed by atoms with E-state index in [0.717, 1.165) is 0 Å². The fraction of sp³-hybridized carbons (Fsp3) is 1.00. The Kier molecular flexibility index (Phi) is 24.5. The van der Waals surface area contributed by atoms with Gasteiger partial charge in [-0.15, -0.1) is 16.5 Å². The van der Waals surface area contributed by atoms with Gasteiger partial charge in [0.25, 0.3) is 0 Å². The van der Waals surface area contributed by atoms with Crippen molar-refractivity contribution in [2.45, 2.75) is 183 Å². The SMILES string of the molecule is CC(C)(C)[Si](C)(C)C.CC(C)(C)[Si](C)(C)P.CC(C)(C)[Si](C)(C)P[Si](C)(C)C(C)(C)C.CCN(CC)CC.P. The molecule has 0 aliphatic rings. The molecule has 2 unspecified atom stereocenters. The average molecular weight is 676 g/mol. The summed E-state index contributed by atoms with van der Waals surface area (Å²) in [6, 6.07) is 0. The molecule has 8 heteroatoms. The third-order valence-corrected chi connectivity index (χ3v) is 49.1. The van der Waals surface area contributed by atoms with Crippen LogP contribution in [0.2, 0.25) is 79.1 Å². The van der Waals surface area contributed by atoms with Gasteiger partial charge in [-0.1, -0.05) is 163 Å². The molecule has 0 N–H and O–H groups in total. The van der Waals surface area contributed by atoms with Crippen LogP contribution < -0.4 is 0 Å². The lowest BCUT2D eigenvalue weighted by molar-refractivity contribution is 0.321. The molecule has 244 valence electrons. The van der Waals surface area contributed by atoms with Crippen LogP contribution in [0.1, 0.15) is 104 Å². The van der Waals surface area contributed by atoms with Gasteiger partial charge >= 0.3 is 0 Å². The minimum Gasteiger partial charge on any atom is -0.304 e. The van der Waals surface area contributed by atoms with E-state index in [1.54, 1.807) is 0 Å². The second kappa shape index (κ2) is 18.8. The summed E-state index contributed by atoms with van der Waals surface area (Å²) in [4.78, 5) is 2.38. The second-order valence-corrected chi connectivity index (χ2v) is 53.5. The van der Waals surface area contributed by atoms with Crippen molar-refractivity contribution >= 4 is 57.7 Å². The molecule has 39 heavy (non-hydrogen) atoms. The first-order chi connectivity index (χ1) is 16.1. The molecule has 0 bridgehead atoms. The maximum absolute atomic E-state index is 3.00. The number of hydrogen-bond acceptors (Lipinski definition) is 1. The van der Waals surface area contributed by atoms with Crippen LogP contribution in [-0.2, 0) is 0 Å². The lowest BCUT2D eigenvalue weighted by Gasteiger charge is -2.47. The average Bonchev–Trinajstić information content (AvgIpc) is 2.58. The highest BCUT2D eigenvalue weighted by Gasteiger charge is 2.44. The van der Waals surface area contributed by atoms with Gasteiger partial charge in [0.1, 0.15) is 0 Å². The molecule has 0 aromatic heterocycles. The number of hydrogen-bond donors (Lipinski definition) is 0. The van der Waals surface area contributed by atoms with Crippen molar-refractivity contribution in [3.8, 4) is 0 Å². The minimum absolute atomic E-state index is 0. The van der Waals surface area contributed by atoms with E-state index in [1.165, 1.54) is 27.3 Å². The van der Waals surface area contributed by atoms with Gasteiger partial charge < -0.3 is 4.90 Å². The van der Waals surface area contributed by atoms with Crippen LogP contribution in [0.15, 0.2) is 0 Å². The fourth-order valence-electron chi connectivity index (χ4n) is 1.83. The van der Waals surface area contributed by atoms with Crippen LogP contribution in [0.25, 0.3) is 0 Å². The Morgan fingerprint density at radius 2 is 0.667 bits per heavy atom. The quantitative estimate of drug-likeness (QED) is 0.207. The van der Waals surface area contributed by atoms with E-state index < -0.39 is 31.3 Å². The maximum atomic E-state index is 3.00. The summed E-state index contributed by atoms with van der Waals surface area (Å²) in [7, 11) is 0.344. The van der Waals surface area contributed by atoms with E-state index in [2.05, 4.69) is 176 Å². The molecule has 0 saturated heterocycles. The summed E-state index contributed by atoms with van der Waals surface area (Å²) in [5.41, 5.74) is 0. The van der Waals surface area contributed by atoms with Crippen molar-refractivity contribution in [1.29, 1.82) is 0 Å². The molecule has 1 nitrogen and oxygen atoms in total. The van der Waals surface area contributed by atoms with Crippen LogP contribution >= 0.6 is 26.4 Å². The third-order valence-electron chi connectivity index (χ3n) is 9.90. The van der Waals surface area contributed by atoms with Crippen LogP contribution in [0.3, 0.4) is 0 Å². The van der Waals surface area contributed by atoms with Crippen LogP contribution in [0, 0.1) is 0 Å². The lowest BCUT2D eigenvalue weighted by Crippen LogP contribution is -2.42. The molecule has 0 spiro atoms. The highest BCUT2D eigenvalue weighted by molar-refractivity contribution is 8.07. The van der Waals surface area contributed by atoms with Crippen molar-refractivity contribution in [2.24, 2.45) is 0 Å². The summed E-state index contributed by atoms with van der Waals surface area (Å²) in [5.74, 6) is 0. The smallest absolute Gasteiger partial charge is 0.0737 e. The number of rotatable bonds is 5. The normalized spacial score (nSPS) is 13.7. The molecule has 2 atom stereocenters. The van der Waals surface area contributed by atoms with E-state index in [4.69, 9.17) is 0 Å². The van der Waals surface area contributed by atoms with Crippen molar-refractivity contribution in [2.75, 3.05) is 19.6 Å². The van der Waals surface area contributed by atoms with Gasteiger partial charge in [0, 0.05) is 8.07 Å². The Morgan fingerprint density at radius 1 is 0.487 bits per heavy atom. The first kappa shape index (κ1) is 50.7. The third kappa shape index (κ3) is 23.2. The summed E-state index contributed by atoms with van der Waals surface area (Å²) in [6.07, 6.45) is 0. The van der Waals surface area contributed by atoms with E-state index in [-0.39, 0.29) is 9.90 Å². The molecule has 0 fully saturated rings. The first-order valence-electron chi connectivity index (χ1n) is 15.4. The van der Waals surface area contributed by atoms with Gasteiger partial charge in [-0.25, -0.2) is 0 Å². The van der Waals surface area contributed by atoms with Crippen LogP contribution in [0.4, 0.5) is 0 Å². The highest BCUT2D eigenvalue weighted by atomic mass is 31.6. The molecular weight excluding hydrogens is 592 g/mol. The molecule has 0 aromatic carbocycles. The van der Waals surface area contributed by atoms with Gasteiger partial charge in [0.2, 0.25) is 0 Å². The van der Waals surface area contributed by atoms with Crippen molar-refractivity contribution in [1.82, 2.24) is 4.90 Å².